The van der Waals surface area contributed by atoms with E-state index in [0.717, 1.165) is 5.75 Å². The second-order valence-corrected chi connectivity index (χ2v) is 6.32. The Labute approximate surface area is 152 Å². The Morgan fingerprint density at radius 2 is 2.12 bits per heavy atom. The van der Waals surface area contributed by atoms with Crippen LogP contribution in [0.15, 0.2) is 30.3 Å². The van der Waals surface area contributed by atoms with E-state index in [4.69, 9.17) is 19.3 Å². The SMILES string of the molecule is CCOC1CC(NC(=O)N2CCOC(C(=O)O)C2)C1Oc1ccccc1. The lowest BCUT2D eigenvalue weighted by atomic mass is 9.85. The molecule has 0 bridgehead atoms. The van der Waals surface area contributed by atoms with Gasteiger partial charge in [0.25, 0.3) is 0 Å². The Bertz CT molecular complexity index is 625. The van der Waals surface area contributed by atoms with E-state index in [1.54, 1.807) is 0 Å². The zero-order valence-electron chi connectivity index (χ0n) is 14.7. The molecule has 2 fully saturated rings. The molecule has 0 spiro atoms. The summed E-state index contributed by atoms with van der Waals surface area (Å²) in [5, 5.41) is 12.0. The fourth-order valence-electron chi connectivity index (χ4n) is 3.15. The molecule has 1 saturated carbocycles. The minimum atomic E-state index is -1.06. The van der Waals surface area contributed by atoms with Crippen LogP contribution in [0.1, 0.15) is 13.3 Å². The predicted molar refractivity (Wildman–Crippen MR) is 92.2 cm³/mol. The molecule has 8 heteroatoms. The number of carbonyl (C=O) groups is 2. The number of amides is 2. The van der Waals surface area contributed by atoms with Crippen molar-refractivity contribution in [3.8, 4) is 5.75 Å². The second-order valence-electron chi connectivity index (χ2n) is 6.32. The maximum Gasteiger partial charge on any atom is 0.334 e. The van der Waals surface area contributed by atoms with Gasteiger partial charge in [0.1, 0.15) is 11.9 Å². The van der Waals surface area contributed by atoms with Crippen molar-refractivity contribution in [2.45, 2.75) is 37.7 Å². The number of aliphatic carboxylic acids is 1. The molecule has 4 unspecified atom stereocenters. The van der Waals surface area contributed by atoms with Gasteiger partial charge in [0.15, 0.2) is 6.10 Å². The van der Waals surface area contributed by atoms with Crippen LogP contribution in [0, 0.1) is 0 Å². The van der Waals surface area contributed by atoms with Crippen molar-refractivity contribution in [2.24, 2.45) is 0 Å². The van der Waals surface area contributed by atoms with E-state index in [-0.39, 0.29) is 37.4 Å². The van der Waals surface area contributed by atoms with Crippen molar-refractivity contribution in [2.75, 3.05) is 26.3 Å². The van der Waals surface area contributed by atoms with Crippen molar-refractivity contribution in [3.05, 3.63) is 30.3 Å². The van der Waals surface area contributed by atoms with E-state index in [0.29, 0.717) is 19.6 Å². The van der Waals surface area contributed by atoms with E-state index < -0.39 is 12.1 Å². The number of carboxylic acids is 1. The molecule has 1 saturated heterocycles. The smallest absolute Gasteiger partial charge is 0.334 e. The summed E-state index contributed by atoms with van der Waals surface area (Å²) in [7, 11) is 0. The number of carboxylic acid groups (broad SMARTS) is 1. The third kappa shape index (κ3) is 4.25. The molecule has 2 aliphatic rings. The summed E-state index contributed by atoms with van der Waals surface area (Å²) in [5.74, 6) is -0.341. The van der Waals surface area contributed by atoms with Gasteiger partial charge in [-0.05, 0) is 19.1 Å². The van der Waals surface area contributed by atoms with Gasteiger partial charge in [-0.2, -0.15) is 0 Å². The van der Waals surface area contributed by atoms with Crippen LogP contribution in [-0.2, 0) is 14.3 Å². The summed E-state index contributed by atoms with van der Waals surface area (Å²) in [6, 6.07) is 8.91. The summed E-state index contributed by atoms with van der Waals surface area (Å²) < 4.78 is 16.8. The van der Waals surface area contributed by atoms with E-state index >= 15 is 0 Å². The lowest BCUT2D eigenvalue weighted by Gasteiger charge is -2.44. The Balaban J connectivity index is 1.58. The Morgan fingerprint density at radius 1 is 1.35 bits per heavy atom. The first-order valence-electron chi connectivity index (χ1n) is 8.81. The van der Waals surface area contributed by atoms with Crippen molar-refractivity contribution >= 4 is 12.0 Å². The van der Waals surface area contributed by atoms with Crippen LogP contribution in [0.4, 0.5) is 4.79 Å². The molecule has 2 N–H and O–H groups in total. The standard InChI is InChI=1S/C18H24N2O6/c1-2-24-14-10-13(16(14)26-12-6-4-3-5-7-12)19-18(23)20-8-9-25-15(11-20)17(21)22/h3-7,13-16H,2,8-11H2,1H3,(H,19,23)(H,21,22). The minimum Gasteiger partial charge on any atom is -0.486 e. The largest absolute Gasteiger partial charge is 0.486 e. The third-order valence-electron chi connectivity index (χ3n) is 4.58. The number of nitrogens with zero attached hydrogens (tertiary/aromatic N) is 1. The first-order chi connectivity index (χ1) is 12.6. The van der Waals surface area contributed by atoms with Crippen LogP contribution < -0.4 is 10.1 Å². The van der Waals surface area contributed by atoms with Crippen molar-refractivity contribution in [1.29, 1.82) is 0 Å². The highest BCUT2D eigenvalue weighted by Crippen LogP contribution is 2.29. The number of nitrogens with one attached hydrogen (secondary N) is 1. The predicted octanol–water partition coefficient (Wildman–Crippen LogP) is 1.11. The lowest BCUT2D eigenvalue weighted by Crippen LogP contribution is -2.65. The number of morpholine rings is 1. The van der Waals surface area contributed by atoms with E-state index in [9.17, 15) is 9.59 Å². The number of urea groups is 1. The number of ether oxygens (including phenoxy) is 3. The third-order valence-corrected chi connectivity index (χ3v) is 4.58. The van der Waals surface area contributed by atoms with Gasteiger partial charge in [-0.15, -0.1) is 0 Å². The van der Waals surface area contributed by atoms with Crippen LogP contribution in [-0.4, -0.2) is 72.7 Å². The summed E-state index contributed by atoms with van der Waals surface area (Å²) in [4.78, 5) is 25.0. The normalized spacial score (nSPS) is 28.1. The minimum absolute atomic E-state index is 0.0347. The van der Waals surface area contributed by atoms with Crippen molar-refractivity contribution < 1.29 is 28.9 Å². The highest BCUT2D eigenvalue weighted by atomic mass is 16.5. The number of rotatable bonds is 6. The van der Waals surface area contributed by atoms with Gasteiger partial charge in [-0.25, -0.2) is 9.59 Å². The molecule has 142 valence electrons. The molecule has 1 heterocycles. The number of hydrogen-bond donors (Lipinski definition) is 2. The first kappa shape index (κ1) is 18.5. The van der Waals surface area contributed by atoms with Crippen LogP contribution in [0.3, 0.4) is 0 Å². The summed E-state index contributed by atoms with van der Waals surface area (Å²) in [6.07, 6.45) is -0.688. The zero-order chi connectivity index (χ0) is 18.5. The van der Waals surface area contributed by atoms with Gasteiger partial charge in [-0.1, -0.05) is 18.2 Å². The molecule has 2 amide bonds. The molecule has 3 rings (SSSR count). The maximum atomic E-state index is 12.5. The summed E-state index contributed by atoms with van der Waals surface area (Å²) in [5.41, 5.74) is 0. The monoisotopic (exact) mass is 364 g/mol. The molecule has 1 aliphatic carbocycles. The molecular weight excluding hydrogens is 340 g/mol. The molecule has 4 atom stereocenters. The maximum absolute atomic E-state index is 12.5. The van der Waals surface area contributed by atoms with Gasteiger partial charge in [0.2, 0.25) is 0 Å². The van der Waals surface area contributed by atoms with Crippen LogP contribution in [0.5, 0.6) is 5.75 Å². The van der Waals surface area contributed by atoms with Gasteiger partial charge >= 0.3 is 12.0 Å². The Morgan fingerprint density at radius 3 is 2.81 bits per heavy atom. The van der Waals surface area contributed by atoms with Crippen molar-refractivity contribution in [1.82, 2.24) is 10.2 Å². The molecule has 0 aromatic heterocycles. The first-order valence-corrected chi connectivity index (χ1v) is 8.81. The topological polar surface area (TPSA) is 97.3 Å². The van der Waals surface area contributed by atoms with E-state index in [1.165, 1.54) is 4.90 Å². The van der Waals surface area contributed by atoms with Gasteiger partial charge in [0.05, 0.1) is 25.3 Å². The quantitative estimate of drug-likeness (QED) is 0.785. The Hall–Kier alpha value is -2.32. The highest BCUT2D eigenvalue weighted by molar-refractivity contribution is 5.77. The average Bonchev–Trinajstić information content (AvgIpc) is 2.66. The highest BCUT2D eigenvalue weighted by Gasteiger charge is 2.45. The summed E-state index contributed by atoms with van der Waals surface area (Å²) >= 11 is 0. The van der Waals surface area contributed by atoms with Crippen LogP contribution >= 0.6 is 0 Å². The number of carbonyl (C=O) groups excluding carboxylic acids is 1. The molecule has 26 heavy (non-hydrogen) atoms. The summed E-state index contributed by atoms with van der Waals surface area (Å²) in [6.45, 7) is 3.10. The van der Waals surface area contributed by atoms with E-state index in [1.807, 2.05) is 37.3 Å². The average molecular weight is 364 g/mol. The number of para-hydroxylation sites is 1. The molecular formula is C18H24N2O6. The zero-order valence-corrected chi connectivity index (χ0v) is 14.7. The molecule has 1 aromatic rings. The van der Waals surface area contributed by atoms with Gasteiger partial charge in [-0.3, -0.25) is 0 Å². The molecule has 8 nitrogen and oxygen atoms in total. The van der Waals surface area contributed by atoms with Gasteiger partial charge in [0, 0.05) is 19.6 Å². The lowest BCUT2D eigenvalue weighted by molar-refractivity contribution is -0.154. The molecule has 0 radical (unpaired) electrons. The fourth-order valence-corrected chi connectivity index (χ4v) is 3.15. The van der Waals surface area contributed by atoms with Crippen LogP contribution in [0.2, 0.25) is 0 Å². The second kappa shape index (κ2) is 8.37. The van der Waals surface area contributed by atoms with Crippen LogP contribution in [0.25, 0.3) is 0 Å². The fraction of sp³-hybridized carbons (Fsp3) is 0.556. The Kier molecular flexibility index (Phi) is 5.95. The number of benzene rings is 1. The van der Waals surface area contributed by atoms with Gasteiger partial charge < -0.3 is 29.5 Å². The van der Waals surface area contributed by atoms with E-state index in [2.05, 4.69) is 5.32 Å². The van der Waals surface area contributed by atoms with Crippen molar-refractivity contribution in [3.63, 3.8) is 0 Å². The molecule has 1 aliphatic heterocycles. The number of hydrogen-bond acceptors (Lipinski definition) is 5. The molecule has 1 aromatic carbocycles.